The molecule has 0 bridgehead atoms. The second-order valence-corrected chi connectivity index (χ2v) is 7.07. The van der Waals surface area contributed by atoms with E-state index in [0.29, 0.717) is 11.1 Å². The number of hydrogen-bond acceptors (Lipinski definition) is 1. The van der Waals surface area contributed by atoms with Crippen molar-refractivity contribution in [2.75, 3.05) is 0 Å². The standard InChI is InChI=1S/C12H25O2P/c1-11(2,3)8-12(4,5)9(15)6-7-10(13)14/h9H,6-8,15H2,1-5H3,(H,13,14). The highest BCUT2D eigenvalue weighted by atomic mass is 31.0. The molecule has 0 fully saturated rings. The Bertz CT molecular complexity index is 216. The summed E-state index contributed by atoms with van der Waals surface area (Å²) in [4.78, 5) is 10.5. The topological polar surface area (TPSA) is 37.3 Å². The number of carboxylic acid groups (broad SMARTS) is 1. The maximum atomic E-state index is 10.5. The van der Waals surface area contributed by atoms with Crippen molar-refractivity contribution in [3.8, 4) is 0 Å². The van der Waals surface area contributed by atoms with Gasteiger partial charge in [0.05, 0.1) is 0 Å². The van der Waals surface area contributed by atoms with Gasteiger partial charge in [0.1, 0.15) is 0 Å². The molecule has 0 aromatic rings. The van der Waals surface area contributed by atoms with Gasteiger partial charge in [0.25, 0.3) is 0 Å². The lowest BCUT2D eigenvalue weighted by atomic mass is 9.73. The van der Waals surface area contributed by atoms with Crippen LogP contribution in [0, 0.1) is 10.8 Å². The molecule has 1 N–H and O–H groups in total. The van der Waals surface area contributed by atoms with Gasteiger partial charge in [-0.1, -0.05) is 34.6 Å². The molecule has 0 heterocycles. The van der Waals surface area contributed by atoms with Gasteiger partial charge in [-0.2, -0.15) is 0 Å². The molecule has 15 heavy (non-hydrogen) atoms. The van der Waals surface area contributed by atoms with Gasteiger partial charge in [-0.3, -0.25) is 4.79 Å². The Kier molecular flexibility index (Phi) is 5.26. The van der Waals surface area contributed by atoms with Crippen LogP contribution in [-0.4, -0.2) is 16.7 Å². The van der Waals surface area contributed by atoms with Gasteiger partial charge in [-0.25, -0.2) is 0 Å². The lowest BCUT2D eigenvalue weighted by Gasteiger charge is -2.37. The molecule has 2 unspecified atom stereocenters. The summed E-state index contributed by atoms with van der Waals surface area (Å²) in [5.41, 5.74) is 0.840. The maximum absolute atomic E-state index is 10.5. The molecule has 0 saturated carbocycles. The number of rotatable bonds is 5. The van der Waals surface area contributed by atoms with E-state index in [1.165, 1.54) is 0 Å². The molecule has 0 rings (SSSR count). The van der Waals surface area contributed by atoms with E-state index in [9.17, 15) is 4.79 Å². The lowest BCUT2D eigenvalue weighted by molar-refractivity contribution is -0.137. The van der Waals surface area contributed by atoms with Crippen molar-refractivity contribution >= 4 is 15.2 Å². The number of carbonyl (C=O) groups is 1. The van der Waals surface area contributed by atoms with Gasteiger partial charge >= 0.3 is 5.97 Å². The first-order valence-electron chi connectivity index (χ1n) is 5.52. The van der Waals surface area contributed by atoms with Crippen molar-refractivity contribution in [3.05, 3.63) is 0 Å². The molecule has 3 heteroatoms. The molecule has 2 nitrogen and oxygen atoms in total. The summed E-state index contributed by atoms with van der Waals surface area (Å²) in [5, 5.41) is 8.65. The van der Waals surface area contributed by atoms with Crippen LogP contribution >= 0.6 is 9.24 Å². The first-order chi connectivity index (χ1) is 6.54. The molecule has 0 saturated heterocycles. The van der Waals surface area contributed by atoms with Crippen LogP contribution in [0.25, 0.3) is 0 Å². The monoisotopic (exact) mass is 232 g/mol. The molecule has 0 spiro atoms. The molecule has 0 aliphatic heterocycles. The van der Waals surface area contributed by atoms with Crippen molar-refractivity contribution < 1.29 is 9.90 Å². The van der Waals surface area contributed by atoms with Gasteiger partial charge in [-0.15, -0.1) is 9.24 Å². The minimum atomic E-state index is -0.700. The molecule has 90 valence electrons. The fraction of sp³-hybridized carbons (Fsp3) is 0.917. The molecule has 0 aliphatic carbocycles. The highest BCUT2D eigenvalue weighted by Crippen LogP contribution is 2.40. The van der Waals surface area contributed by atoms with Crippen molar-refractivity contribution in [2.45, 2.75) is 59.5 Å². The van der Waals surface area contributed by atoms with E-state index in [1.54, 1.807) is 0 Å². The quantitative estimate of drug-likeness (QED) is 0.736. The predicted molar refractivity (Wildman–Crippen MR) is 68.2 cm³/mol. The number of aliphatic carboxylic acids is 1. The summed E-state index contributed by atoms with van der Waals surface area (Å²) >= 11 is 0. The van der Waals surface area contributed by atoms with Crippen LogP contribution in [0.5, 0.6) is 0 Å². The van der Waals surface area contributed by atoms with E-state index in [4.69, 9.17) is 5.11 Å². The first kappa shape index (κ1) is 14.9. The number of hydrogen-bond donors (Lipinski definition) is 1. The van der Waals surface area contributed by atoms with E-state index in [1.807, 2.05) is 0 Å². The highest BCUT2D eigenvalue weighted by Gasteiger charge is 2.30. The molecule has 0 amide bonds. The summed E-state index contributed by atoms with van der Waals surface area (Å²) < 4.78 is 0. The molecule has 0 aliphatic rings. The van der Waals surface area contributed by atoms with Crippen molar-refractivity contribution in [3.63, 3.8) is 0 Å². The third-order valence-electron chi connectivity index (χ3n) is 2.66. The summed E-state index contributed by atoms with van der Waals surface area (Å²) in [6, 6.07) is 0. The zero-order chi connectivity index (χ0) is 12.3. The smallest absolute Gasteiger partial charge is 0.303 e. The van der Waals surface area contributed by atoms with Gasteiger partial charge in [0.15, 0.2) is 0 Å². The van der Waals surface area contributed by atoms with E-state index < -0.39 is 5.97 Å². The largest absolute Gasteiger partial charge is 0.481 e. The van der Waals surface area contributed by atoms with Crippen molar-refractivity contribution in [2.24, 2.45) is 10.8 Å². The van der Waals surface area contributed by atoms with Crippen LogP contribution in [0.3, 0.4) is 0 Å². The minimum Gasteiger partial charge on any atom is -0.481 e. The SMILES string of the molecule is CC(C)(C)CC(C)(C)C(P)CCC(=O)O. The van der Waals surface area contributed by atoms with Crippen LogP contribution in [0.4, 0.5) is 0 Å². The van der Waals surface area contributed by atoms with Crippen LogP contribution in [0.1, 0.15) is 53.9 Å². The second kappa shape index (κ2) is 5.30. The summed E-state index contributed by atoms with van der Waals surface area (Å²) in [5.74, 6) is -0.700. The van der Waals surface area contributed by atoms with E-state index in [0.717, 1.165) is 12.8 Å². The highest BCUT2D eigenvalue weighted by molar-refractivity contribution is 7.17. The van der Waals surface area contributed by atoms with Gasteiger partial charge in [-0.05, 0) is 29.3 Å². The Balaban J connectivity index is 4.25. The van der Waals surface area contributed by atoms with Gasteiger partial charge in [0.2, 0.25) is 0 Å². The number of carboxylic acids is 1. The average molecular weight is 232 g/mol. The van der Waals surface area contributed by atoms with Gasteiger partial charge < -0.3 is 5.11 Å². The van der Waals surface area contributed by atoms with Gasteiger partial charge in [0, 0.05) is 6.42 Å². The van der Waals surface area contributed by atoms with Crippen LogP contribution in [-0.2, 0) is 4.79 Å². The zero-order valence-corrected chi connectivity index (χ0v) is 11.8. The maximum Gasteiger partial charge on any atom is 0.303 e. The Morgan fingerprint density at radius 3 is 2.07 bits per heavy atom. The van der Waals surface area contributed by atoms with Crippen molar-refractivity contribution in [1.29, 1.82) is 0 Å². The Morgan fingerprint density at radius 2 is 1.73 bits per heavy atom. The summed E-state index contributed by atoms with van der Waals surface area (Å²) in [7, 11) is 2.81. The zero-order valence-electron chi connectivity index (χ0n) is 10.6. The summed E-state index contributed by atoms with van der Waals surface area (Å²) in [6.07, 6.45) is 2.11. The fourth-order valence-electron chi connectivity index (χ4n) is 2.17. The predicted octanol–water partition coefficient (Wildman–Crippen LogP) is 3.56. The lowest BCUT2D eigenvalue weighted by Crippen LogP contribution is -2.29. The van der Waals surface area contributed by atoms with Crippen molar-refractivity contribution in [1.82, 2.24) is 0 Å². The third kappa shape index (κ3) is 6.89. The molecular weight excluding hydrogens is 207 g/mol. The van der Waals surface area contributed by atoms with E-state index >= 15 is 0 Å². The average Bonchev–Trinajstić information content (AvgIpc) is 1.94. The molecule has 0 aromatic heterocycles. The Hall–Kier alpha value is -0.100. The fourth-order valence-corrected chi connectivity index (χ4v) is 2.45. The van der Waals surface area contributed by atoms with E-state index in [2.05, 4.69) is 43.9 Å². The van der Waals surface area contributed by atoms with Crippen LogP contribution < -0.4 is 0 Å². The van der Waals surface area contributed by atoms with Crippen LogP contribution in [0.15, 0.2) is 0 Å². The Labute approximate surface area is 96.0 Å². The first-order valence-corrected chi connectivity index (χ1v) is 6.19. The minimum absolute atomic E-state index is 0.179. The normalized spacial score (nSPS) is 15.1. The van der Waals surface area contributed by atoms with Crippen LogP contribution in [0.2, 0.25) is 0 Å². The molecule has 2 atom stereocenters. The summed E-state index contributed by atoms with van der Waals surface area (Å²) in [6.45, 7) is 11.1. The Morgan fingerprint density at radius 1 is 1.27 bits per heavy atom. The molecule has 0 aromatic carbocycles. The molecule has 0 radical (unpaired) electrons. The second-order valence-electron chi connectivity index (χ2n) is 6.26. The van der Waals surface area contributed by atoms with E-state index in [-0.39, 0.29) is 11.8 Å². The third-order valence-corrected chi connectivity index (χ3v) is 3.89. The molecular formula is C12H25O2P.